The zero-order valence-corrected chi connectivity index (χ0v) is 23.6. The molecule has 0 aromatic heterocycles. The van der Waals surface area contributed by atoms with Crippen molar-refractivity contribution in [3.63, 3.8) is 0 Å². The van der Waals surface area contributed by atoms with E-state index in [-0.39, 0.29) is 22.0 Å². The fourth-order valence-electron chi connectivity index (χ4n) is 4.13. The first-order valence-electron chi connectivity index (χ1n) is 12.0. The summed E-state index contributed by atoms with van der Waals surface area (Å²) in [4.78, 5) is 25.0. The summed E-state index contributed by atoms with van der Waals surface area (Å²) in [5, 5.41) is 4.64. The predicted octanol–water partition coefficient (Wildman–Crippen LogP) is 3.33. The Hall–Kier alpha value is -3.08. The van der Waals surface area contributed by atoms with Crippen LogP contribution in [0.5, 0.6) is 0 Å². The zero-order valence-electron chi connectivity index (χ0n) is 21.9. The largest absolute Gasteiger partial charge is 0.422 e. The fourth-order valence-corrected chi connectivity index (χ4v) is 5.54. The molecule has 3 rings (SSSR count). The lowest BCUT2D eigenvalue weighted by atomic mass is 9.86. The number of sulfone groups is 1. The Kier molecular flexibility index (Phi) is 9.28. The monoisotopic (exact) mass is 599 g/mol. The van der Waals surface area contributed by atoms with Gasteiger partial charge in [-0.25, -0.2) is 12.8 Å². The van der Waals surface area contributed by atoms with E-state index in [1.807, 2.05) is 0 Å². The van der Waals surface area contributed by atoms with Crippen LogP contribution < -0.4 is 16.4 Å². The number of carbonyl (C=O) groups is 2. The molecular formula is C27H29F4N3O4S2. The van der Waals surface area contributed by atoms with E-state index in [2.05, 4.69) is 22.5 Å². The zero-order chi connectivity index (χ0) is 29.9. The third-order valence-corrected chi connectivity index (χ3v) is 8.20. The van der Waals surface area contributed by atoms with E-state index in [4.69, 9.17) is 5.73 Å². The van der Waals surface area contributed by atoms with Crippen molar-refractivity contribution in [2.45, 2.75) is 54.6 Å². The number of thioether (sulfide) groups is 1. The standard InChI is InChI=1S/C27H29F4N3O4S2/c1-25(2,28)15-21-24(36)33-22(23(32)35)16-39-14-4-13-26(34-21,27(29,30)31)19-9-5-17(6-10-19)18-7-11-20(12-8-18)40(3,37)38/h5-12,21-22,34H,14-16H2,1-3H3,(H2,32,35)(H,33,36)/t21-,22-,26-/m0/s1. The third-order valence-electron chi connectivity index (χ3n) is 6.15. The van der Waals surface area contributed by atoms with Gasteiger partial charge >= 0.3 is 6.18 Å². The molecule has 216 valence electrons. The van der Waals surface area contributed by atoms with Crippen LogP contribution in [-0.2, 0) is 25.0 Å². The molecule has 7 nitrogen and oxygen atoms in total. The summed E-state index contributed by atoms with van der Waals surface area (Å²) in [5.74, 6) is 2.74. The van der Waals surface area contributed by atoms with Crippen molar-refractivity contribution < 1.29 is 35.6 Å². The second-order valence-electron chi connectivity index (χ2n) is 10.0. The predicted molar refractivity (Wildman–Crippen MR) is 146 cm³/mol. The minimum atomic E-state index is -5.06. The van der Waals surface area contributed by atoms with Crippen molar-refractivity contribution in [1.29, 1.82) is 0 Å². The van der Waals surface area contributed by atoms with Gasteiger partial charge in [0.1, 0.15) is 11.7 Å². The SMILES string of the molecule is CC(C)(F)C[C@@H]1N[C@@](c2ccc(-c3ccc(S(C)(=O)=O)cc3)cc2)(C(F)(F)F)C#CCSC[C@@H](C(N)=O)NC1=O. The molecule has 1 heterocycles. The Morgan fingerprint density at radius 1 is 1.07 bits per heavy atom. The van der Waals surface area contributed by atoms with Crippen LogP contribution in [0.4, 0.5) is 17.6 Å². The molecule has 0 fully saturated rings. The van der Waals surface area contributed by atoms with Crippen LogP contribution in [0.1, 0.15) is 25.8 Å². The lowest BCUT2D eigenvalue weighted by Gasteiger charge is -2.37. The first kappa shape index (κ1) is 31.4. The number of halogens is 4. The number of nitrogens with one attached hydrogen (secondary N) is 2. The van der Waals surface area contributed by atoms with Crippen LogP contribution in [0.25, 0.3) is 11.1 Å². The number of hydrogen-bond donors (Lipinski definition) is 3. The van der Waals surface area contributed by atoms with Crippen molar-refractivity contribution in [2.24, 2.45) is 5.73 Å². The Bertz CT molecular complexity index is 1410. The number of benzene rings is 2. The van der Waals surface area contributed by atoms with E-state index in [0.717, 1.165) is 31.9 Å². The van der Waals surface area contributed by atoms with Crippen molar-refractivity contribution in [3.8, 4) is 23.0 Å². The first-order valence-corrected chi connectivity index (χ1v) is 15.1. The molecule has 1 aliphatic heterocycles. The molecule has 2 aromatic carbocycles. The van der Waals surface area contributed by atoms with Gasteiger partial charge in [0, 0.05) is 18.4 Å². The minimum Gasteiger partial charge on any atom is -0.368 e. The van der Waals surface area contributed by atoms with E-state index in [9.17, 15) is 35.6 Å². The summed E-state index contributed by atoms with van der Waals surface area (Å²) in [5.41, 5.74) is 0.957. The Labute approximate surface area is 234 Å². The van der Waals surface area contributed by atoms with E-state index >= 15 is 0 Å². The number of alkyl halides is 4. The molecule has 0 radical (unpaired) electrons. The van der Waals surface area contributed by atoms with Crippen LogP contribution in [0.2, 0.25) is 0 Å². The molecule has 0 spiro atoms. The molecule has 0 unspecified atom stereocenters. The number of nitrogens with two attached hydrogens (primary N) is 1. The number of rotatable bonds is 6. The second-order valence-corrected chi connectivity index (χ2v) is 13.1. The molecular weight excluding hydrogens is 570 g/mol. The maximum atomic E-state index is 14.9. The highest BCUT2D eigenvalue weighted by molar-refractivity contribution is 7.99. The molecule has 1 aliphatic rings. The highest BCUT2D eigenvalue weighted by atomic mass is 32.2. The summed E-state index contributed by atoms with van der Waals surface area (Å²) in [7, 11) is -3.43. The third kappa shape index (κ3) is 7.56. The van der Waals surface area contributed by atoms with Gasteiger partial charge in [-0.2, -0.15) is 13.2 Å². The number of hydrogen-bond acceptors (Lipinski definition) is 6. The molecule has 0 saturated carbocycles. The van der Waals surface area contributed by atoms with Crippen molar-refractivity contribution >= 4 is 33.4 Å². The van der Waals surface area contributed by atoms with Crippen molar-refractivity contribution in [3.05, 3.63) is 54.1 Å². The summed E-state index contributed by atoms with van der Waals surface area (Å²) in [6.07, 6.45) is -4.64. The smallest absolute Gasteiger partial charge is 0.368 e. The fraction of sp³-hybridized carbons (Fsp3) is 0.407. The first-order chi connectivity index (χ1) is 18.4. The van der Waals surface area contributed by atoms with Crippen molar-refractivity contribution in [1.82, 2.24) is 10.6 Å². The molecule has 40 heavy (non-hydrogen) atoms. The molecule has 0 bridgehead atoms. The lowest BCUT2D eigenvalue weighted by Crippen LogP contribution is -2.62. The van der Waals surface area contributed by atoms with E-state index in [0.29, 0.717) is 11.1 Å². The minimum absolute atomic E-state index is 0.0205. The van der Waals surface area contributed by atoms with Crippen LogP contribution in [-0.4, -0.2) is 61.9 Å². The Balaban J connectivity index is 2.11. The van der Waals surface area contributed by atoms with Crippen LogP contribution in [0.3, 0.4) is 0 Å². The highest BCUT2D eigenvalue weighted by Crippen LogP contribution is 2.40. The molecule has 3 atom stereocenters. The molecule has 2 amide bonds. The van der Waals surface area contributed by atoms with E-state index in [1.54, 1.807) is 0 Å². The maximum absolute atomic E-state index is 14.9. The van der Waals surface area contributed by atoms with E-state index in [1.165, 1.54) is 48.5 Å². The summed E-state index contributed by atoms with van der Waals surface area (Å²) >= 11 is 1.02. The van der Waals surface area contributed by atoms with Gasteiger partial charge < -0.3 is 11.1 Å². The number of amides is 2. The highest BCUT2D eigenvalue weighted by Gasteiger charge is 2.57. The van der Waals surface area contributed by atoms with Gasteiger partial charge in [0.15, 0.2) is 9.84 Å². The Morgan fingerprint density at radius 3 is 2.10 bits per heavy atom. The topological polar surface area (TPSA) is 118 Å². The molecule has 2 aromatic rings. The molecule has 13 heteroatoms. The number of carbonyl (C=O) groups excluding carboxylic acids is 2. The van der Waals surface area contributed by atoms with Crippen molar-refractivity contribution in [2.75, 3.05) is 17.8 Å². The van der Waals surface area contributed by atoms with Gasteiger partial charge in [-0.05, 0) is 42.7 Å². The average molecular weight is 600 g/mol. The van der Waals surface area contributed by atoms with Gasteiger partial charge in [-0.1, -0.05) is 48.2 Å². The van der Waals surface area contributed by atoms with Gasteiger partial charge in [0.05, 0.1) is 16.7 Å². The maximum Gasteiger partial charge on any atom is 0.422 e. The Morgan fingerprint density at radius 2 is 1.62 bits per heavy atom. The van der Waals surface area contributed by atoms with Gasteiger partial charge in [0.25, 0.3) is 0 Å². The summed E-state index contributed by atoms with van der Waals surface area (Å²) < 4.78 is 83.0. The molecule has 0 aliphatic carbocycles. The van der Waals surface area contributed by atoms with Gasteiger partial charge in [0.2, 0.25) is 17.4 Å². The summed E-state index contributed by atoms with van der Waals surface area (Å²) in [6, 6.07) is 8.17. The molecule has 0 saturated heterocycles. The van der Waals surface area contributed by atoms with Crippen LogP contribution in [0, 0.1) is 11.8 Å². The van der Waals surface area contributed by atoms with E-state index < -0.39 is 57.5 Å². The van der Waals surface area contributed by atoms with Gasteiger partial charge in [-0.3, -0.25) is 14.9 Å². The summed E-state index contributed by atoms with van der Waals surface area (Å²) in [6.45, 7) is 2.25. The normalized spacial score (nSPS) is 22.8. The number of primary amides is 1. The quantitative estimate of drug-likeness (QED) is 0.347. The van der Waals surface area contributed by atoms with Crippen LogP contribution >= 0.6 is 11.8 Å². The average Bonchev–Trinajstić information content (AvgIpc) is 2.87. The lowest BCUT2D eigenvalue weighted by molar-refractivity contribution is -0.185. The van der Waals surface area contributed by atoms with Crippen LogP contribution in [0.15, 0.2) is 53.4 Å². The second kappa shape index (κ2) is 11.8. The molecule has 4 N–H and O–H groups in total. The van der Waals surface area contributed by atoms with Gasteiger partial charge in [-0.15, -0.1) is 11.8 Å².